The monoisotopic (exact) mass is 1250 g/mol. The molecule has 2 saturated heterocycles. The predicted octanol–water partition coefficient (Wildman–Crippen LogP) is 4.04. The van der Waals surface area contributed by atoms with Crippen LogP contribution < -0.4 is 43.0 Å². The maximum absolute atomic E-state index is 14.3. The van der Waals surface area contributed by atoms with Gasteiger partial charge in [0.15, 0.2) is 0 Å². The van der Waals surface area contributed by atoms with Crippen LogP contribution >= 0.6 is 0 Å². The molecule has 502 valence electrons. The highest BCUT2D eigenvalue weighted by molar-refractivity contribution is 6.38. The lowest BCUT2D eigenvalue weighted by Gasteiger charge is -2.39. The molecule has 0 bridgehead atoms. The van der Waals surface area contributed by atoms with E-state index in [0.717, 1.165) is 19.3 Å². The third-order valence-corrected chi connectivity index (χ3v) is 19.5. The van der Waals surface area contributed by atoms with Gasteiger partial charge < -0.3 is 62.6 Å². The van der Waals surface area contributed by atoms with E-state index in [-0.39, 0.29) is 88.5 Å². The molecule has 0 aromatic carbocycles. The Hall–Kier alpha value is -6.62. The average molecular weight is 1250 g/mol. The zero-order valence-corrected chi connectivity index (χ0v) is 57.3. The van der Waals surface area contributed by atoms with Crippen molar-refractivity contribution in [1.29, 1.82) is 0 Å². The number of urea groups is 2. The quantitative estimate of drug-likeness (QED) is 0.0502. The summed E-state index contributed by atoms with van der Waals surface area (Å²) in [6.07, 6.45) is 5.51. The van der Waals surface area contributed by atoms with E-state index in [1.54, 1.807) is 14.1 Å². The van der Waals surface area contributed by atoms with Gasteiger partial charge in [-0.3, -0.25) is 47.9 Å². The Kier molecular flexibility index (Phi) is 24.1. The number of Topliss-reactive ketones (excluding diaryl/α,β-unsaturated/α-hetero) is 2. The Balaban J connectivity index is 0.000000380. The van der Waals surface area contributed by atoms with Crippen molar-refractivity contribution < 1.29 is 57.5 Å². The number of rotatable bonds is 24. The summed E-state index contributed by atoms with van der Waals surface area (Å²) < 4.78 is 0. The van der Waals surface area contributed by atoms with E-state index < -0.39 is 112 Å². The topological polar surface area (TPSA) is 328 Å². The van der Waals surface area contributed by atoms with Crippen LogP contribution in [0.1, 0.15) is 170 Å². The predicted molar refractivity (Wildman–Crippen MR) is 339 cm³/mol. The number of nitrogens with zero attached hydrogens (tertiary/aromatic N) is 4. The van der Waals surface area contributed by atoms with E-state index in [1.165, 1.54) is 39.5 Å². The fourth-order valence-electron chi connectivity index (χ4n) is 12.7. The first-order valence-electron chi connectivity index (χ1n) is 31.7. The van der Waals surface area contributed by atoms with Gasteiger partial charge in [0.1, 0.15) is 24.2 Å². The molecule has 3 saturated carbocycles. The highest BCUT2D eigenvalue weighted by atomic mass is 16.2. The number of hydrogen-bond acceptors (Lipinski definition) is 12. The number of amides is 12. The Morgan fingerprint density at radius 2 is 0.966 bits per heavy atom. The summed E-state index contributed by atoms with van der Waals surface area (Å²) in [7, 11) is 3.33. The molecular formula is C65H110N12O12. The summed E-state index contributed by atoms with van der Waals surface area (Å²) in [6.45, 7) is 40.7. The van der Waals surface area contributed by atoms with Crippen LogP contribution in [0.3, 0.4) is 0 Å². The molecule has 12 atom stereocenters. The zero-order valence-electron chi connectivity index (χ0n) is 57.3. The van der Waals surface area contributed by atoms with Crippen LogP contribution in [0.25, 0.3) is 0 Å². The number of primary amides is 1. The van der Waals surface area contributed by atoms with E-state index >= 15 is 0 Å². The fourth-order valence-corrected chi connectivity index (χ4v) is 12.7. The Labute approximate surface area is 529 Å². The summed E-state index contributed by atoms with van der Waals surface area (Å²) in [6, 6.07) is -7.63. The molecule has 0 aromatic rings. The van der Waals surface area contributed by atoms with Gasteiger partial charge >= 0.3 is 12.1 Å². The molecule has 5 fully saturated rings. The Morgan fingerprint density at radius 3 is 1.27 bits per heavy atom. The second kappa shape index (κ2) is 28.7. The molecule has 2 aliphatic heterocycles. The van der Waals surface area contributed by atoms with Crippen molar-refractivity contribution >= 4 is 70.9 Å². The van der Waals surface area contributed by atoms with Gasteiger partial charge in [-0.05, 0) is 74.9 Å². The van der Waals surface area contributed by atoms with Crippen LogP contribution in [0.5, 0.6) is 0 Å². The number of carbonyl (C=O) groups is 12. The lowest BCUT2D eigenvalue weighted by molar-refractivity contribution is -0.145. The van der Waals surface area contributed by atoms with Gasteiger partial charge in [-0.1, -0.05) is 149 Å². The molecule has 24 nitrogen and oxygen atoms in total. The van der Waals surface area contributed by atoms with Gasteiger partial charge in [0.25, 0.3) is 11.8 Å². The molecule has 3 aliphatic carbocycles. The largest absolute Gasteiger partial charge is 0.363 e. The molecule has 0 aromatic heterocycles. The third kappa shape index (κ3) is 18.5. The smallest absolute Gasteiger partial charge is 0.315 e. The summed E-state index contributed by atoms with van der Waals surface area (Å²) in [4.78, 5) is 163. The van der Waals surface area contributed by atoms with Gasteiger partial charge in [-0.25, -0.2) is 9.59 Å². The Bertz CT molecular complexity index is 2700. The molecule has 9 N–H and O–H groups in total. The normalized spacial score (nSPS) is 23.4. The van der Waals surface area contributed by atoms with Crippen molar-refractivity contribution in [2.75, 3.05) is 46.8 Å². The number of fused-ring (bicyclic) bond motifs is 2. The van der Waals surface area contributed by atoms with Crippen molar-refractivity contribution in [3.63, 3.8) is 0 Å². The van der Waals surface area contributed by atoms with E-state index in [1.807, 2.05) is 90.0 Å². The minimum absolute atomic E-state index is 0.0789. The third-order valence-electron chi connectivity index (χ3n) is 19.5. The lowest BCUT2D eigenvalue weighted by Crippen LogP contribution is -2.62. The lowest BCUT2D eigenvalue weighted by atomic mass is 9.80. The molecule has 5 rings (SSSR count). The summed E-state index contributed by atoms with van der Waals surface area (Å²) in [5.41, 5.74) is 2.77. The molecule has 0 radical (unpaired) electrons. The SMILES string of the molecule is C=CCNC(=O)C(=O)C(CCC)NC(=O)[C@@H]1[C@@H]2[C@H](CN1C(=O)[C@@H](NC(=O)N[C@H](CN(C)C(C)=O)C(C)(C)C)C(C)(C)C)C2(C)C.CC(=O)N(C)C[C@@H](NC(=O)N[C@H](C(=O)N1C[C@H]2[C@@H]([C@H]1C(=O)NC(CC1CCC1)C(=O)C(N)=O)C2(C)C)C(C)(C)C)C(C)(C)C. The number of nitrogens with two attached hydrogens (primary N) is 1. The molecule has 89 heavy (non-hydrogen) atoms. The number of likely N-dealkylation sites (N-methyl/N-ethyl adjacent to an activating group) is 2. The number of piperidine rings is 2. The Morgan fingerprint density at radius 1 is 0.584 bits per heavy atom. The first kappa shape index (κ1) is 74.8. The molecule has 5 aliphatic rings. The second-order valence-corrected chi connectivity index (χ2v) is 31.3. The maximum atomic E-state index is 14.3. The number of hydrogen-bond donors (Lipinski definition) is 8. The van der Waals surface area contributed by atoms with E-state index in [9.17, 15) is 57.5 Å². The van der Waals surface area contributed by atoms with Gasteiger partial charge in [0, 0.05) is 60.7 Å². The molecule has 0 spiro atoms. The van der Waals surface area contributed by atoms with Crippen LogP contribution in [-0.4, -0.2) is 186 Å². The fraction of sp³-hybridized carbons (Fsp3) is 0.785. The van der Waals surface area contributed by atoms with Crippen molar-refractivity contribution in [1.82, 2.24) is 56.8 Å². The van der Waals surface area contributed by atoms with Gasteiger partial charge in [-0.15, -0.1) is 6.58 Å². The number of nitrogens with one attached hydrogen (secondary N) is 7. The van der Waals surface area contributed by atoms with Crippen LogP contribution in [0.15, 0.2) is 12.7 Å². The number of likely N-dealkylation sites (tertiary alicyclic amines) is 2. The second-order valence-electron chi connectivity index (χ2n) is 31.3. The van der Waals surface area contributed by atoms with Gasteiger partial charge in [0.05, 0.1) is 24.2 Å². The van der Waals surface area contributed by atoms with Gasteiger partial charge in [-0.2, -0.15) is 0 Å². The van der Waals surface area contributed by atoms with E-state index in [2.05, 4.69) is 71.5 Å². The standard InChI is InChI=1S/C33H56N6O6.C32H54N6O6/c1-13-15-21(25(41)28(43)34-16-14-2)35-27(42)24-23-20(33(23,10)11)17-39(24)29(44)26(32(7,8)9)37-30(45)36-22(31(4,5)6)18-38(12)19(3)40;1-17(39)37(10)16-21(30(2,3)4)35-29(44)36-25(31(5,6)7)28(43)38-15-19-22(32(19,8)9)23(38)27(42)34-20(24(40)26(33)41)14-18-12-11-13-18/h14,20-24,26H,2,13,15-18H2,1,3-12H3,(H,34,43)(H,35,42)(H2,36,37,45);18-23,25H,11-16H2,1-10H3,(H2,33,41)(H,34,42)(H2,35,36,44)/t20-,21?,22+,23-,24-,26+;19-,20?,21+,22-,23-,25+/m00/s1. The van der Waals surface area contributed by atoms with Crippen molar-refractivity contribution in [3.8, 4) is 0 Å². The minimum atomic E-state index is -1.09. The van der Waals surface area contributed by atoms with Crippen LogP contribution in [0.2, 0.25) is 0 Å². The molecule has 24 heteroatoms. The van der Waals surface area contributed by atoms with Gasteiger partial charge in [0.2, 0.25) is 47.0 Å². The van der Waals surface area contributed by atoms with E-state index in [0.29, 0.717) is 32.5 Å². The molecular weight excluding hydrogens is 1140 g/mol. The minimum Gasteiger partial charge on any atom is -0.363 e. The average Bonchev–Trinajstić information content (AvgIpc) is 1.54. The van der Waals surface area contributed by atoms with Crippen LogP contribution in [0.4, 0.5) is 9.59 Å². The number of carbonyl (C=O) groups excluding carboxylic acids is 12. The highest BCUT2D eigenvalue weighted by Gasteiger charge is 2.71. The first-order valence-corrected chi connectivity index (χ1v) is 31.7. The highest BCUT2D eigenvalue weighted by Crippen LogP contribution is 2.66. The molecule has 2 heterocycles. The van der Waals surface area contributed by atoms with Crippen molar-refractivity contribution in [2.45, 2.75) is 218 Å². The molecule has 12 amide bonds. The first-order chi connectivity index (χ1) is 40.7. The molecule has 2 unspecified atom stereocenters. The van der Waals surface area contributed by atoms with Crippen molar-refractivity contribution in [2.24, 2.45) is 67.8 Å². The summed E-state index contributed by atoms with van der Waals surface area (Å²) in [5.74, 6) is -5.33. The number of ketones is 2. The van der Waals surface area contributed by atoms with Crippen molar-refractivity contribution in [3.05, 3.63) is 12.7 Å². The van der Waals surface area contributed by atoms with Crippen LogP contribution in [0, 0.1) is 62.1 Å². The zero-order chi connectivity index (χ0) is 68.2. The summed E-state index contributed by atoms with van der Waals surface area (Å²) in [5, 5.41) is 19.7. The van der Waals surface area contributed by atoms with E-state index in [4.69, 9.17) is 5.73 Å². The summed E-state index contributed by atoms with van der Waals surface area (Å²) >= 11 is 0. The van der Waals surface area contributed by atoms with Crippen LogP contribution in [-0.2, 0) is 47.9 Å². The maximum Gasteiger partial charge on any atom is 0.315 e.